The van der Waals surface area contributed by atoms with Gasteiger partial charge >= 0.3 is 0 Å². The van der Waals surface area contributed by atoms with Gasteiger partial charge in [0.25, 0.3) is 5.91 Å². The van der Waals surface area contributed by atoms with Crippen LogP contribution < -0.4 is 16.0 Å². The summed E-state index contributed by atoms with van der Waals surface area (Å²) < 4.78 is 0. The van der Waals surface area contributed by atoms with Crippen LogP contribution in [0.3, 0.4) is 0 Å². The van der Waals surface area contributed by atoms with Crippen molar-refractivity contribution >= 4 is 17.5 Å². The Morgan fingerprint density at radius 2 is 2.05 bits per heavy atom. The standard InChI is InChI=1S/C15H21N3O2/c1-10-8-13(10)15(20)18-12-5-3-4-11(9-12)14(19)17-7-6-16-2/h3-5,9-10,13,16H,6-8H2,1-2H3,(H,17,19)(H,18,20). The molecule has 5 nitrogen and oxygen atoms in total. The van der Waals surface area contributed by atoms with Crippen molar-refractivity contribution in [1.82, 2.24) is 10.6 Å². The van der Waals surface area contributed by atoms with Crippen LogP contribution in [0.4, 0.5) is 5.69 Å². The van der Waals surface area contributed by atoms with Crippen LogP contribution in [-0.2, 0) is 4.79 Å². The topological polar surface area (TPSA) is 70.2 Å². The first-order valence-electron chi connectivity index (χ1n) is 6.95. The summed E-state index contributed by atoms with van der Waals surface area (Å²) in [6.45, 7) is 3.36. The number of amides is 2. The maximum absolute atomic E-state index is 11.9. The lowest BCUT2D eigenvalue weighted by Gasteiger charge is -2.08. The second-order valence-electron chi connectivity index (χ2n) is 5.25. The van der Waals surface area contributed by atoms with Crippen molar-refractivity contribution in [2.45, 2.75) is 13.3 Å². The monoisotopic (exact) mass is 275 g/mol. The highest BCUT2D eigenvalue weighted by Gasteiger charge is 2.39. The summed E-state index contributed by atoms with van der Waals surface area (Å²) in [7, 11) is 1.83. The summed E-state index contributed by atoms with van der Waals surface area (Å²) in [6.07, 6.45) is 0.954. The summed E-state index contributed by atoms with van der Waals surface area (Å²) in [6, 6.07) is 7.03. The molecule has 1 aliphatic carbocycles. The number of benzene rings is 1. The lowest BCUT2D eigenvalue weighted by molar-refractivity contribution is -0.117. The van der Waals surface area contributed by atoms with Crippen LogP contribution in [0.1, 0.15) is 23.7 Å². The van der Waals surface area contributed by atoms with Gasteiger partial charge in [-0.2, -0.15) is 0 Å². The number of hydrogen-bond donors (Lipinski definition) is 3. The molecule has 2 atom stereocenters. The lowest BCUT2D eigenvalue weighted by atomic mass is 10.2. The maximum Gasteiger partial charge on any atom is 0.251 e. The molecule has 0 heterocycles. The first-order valence-corrected chi connectivity index (χ1v) is 6.95. The molecule has 1 aromatic rings. The number of carbonyl (C=O) groups excluding carboxylic acids is 2. The van der Waals surface area contributed by atoms with Crippen LogP contribution in [0.15, 0.2) is 24.3 Å². The number of likely N-dealkylation sites (N-methyl/N-ethyl adjacent to an activating group) is 1. The zero-order valence-corrected chi connectivity index (χ0v) is 11.9. The minimum Gasteiger partial charge on any atom is -0.351 e. The van der Waals surface area contributed by atoms with Gasteiger partial charge in [-0.05, 0) is 37.6 Å². The van der Waals surface area contributed by atoms with Gasteiger partial charge in [0.1, 0.15) is 0 Å². The van der Waals surface area contributed by atoms with E-state index in [0.29, 0.717) is 23.7 Å². The van der Waals surface area contributed by atoms with E-state index >= 15 is 0 Å². The predicted molar refractivity (Wildman–Crippen MR) is 78.6 cm³/mol. The minimum atomic E-state index is -0.129. The fourth-order valence-electron chi connectivity index (χ4n) is 2.06. The Bertz CT molecular complexity index is 502. The molecule has 0 radical (unpaired) electrons. The van der Waals surface area contributed by atoms with E-state index in [0.717, 1.165) is 13.0 Å². The highest BCUT2D eigenvalue weighted by molar-refractivity contribution is 5.98. The Morgan fingerprint density at radius 1 is 1.30 bits per heavy atom. The Balaban J connectivity index is 1.93. The lowest BCUT2D eigenvalue weighted by Crippen LogP contribution is -2.30. The van der Waals surface area contributed by atoms with E-state index in [1.54, 1.807) is 24.3 Å². The van der Waals surface area contributed by atoms with Crippen molar-refractivity contribution in [3.63, 3.8) is 0 Å². The quantitative estimate of drug-likeness (QED) is 0.684. The molecule has 2 unspecified atom stereocenters. The van der Waals surface area contributed by atoms with Crippen molar-refractivity contribution in [3.8, 4) is 0 Å². The number of nitrogens with one attached hydrogen (secondary N) is 3. The molecule has 108 valence electrons. The van der Waals surface area contributed by atoms with Crippen LogP contribution in [-0.4, -0.2) is 32.0 Å². The molecule has 0 bridgehead atoms. The van der Waals surface area contributed by atoms with E-state index in [1.807, 2.05) is 7.05 Å². The number of hydrogen-bond acceptors (Lipinski definition) is 3. The van der Waals surface area contributed by atoms with E-state index in [4.69, 9.17) is 0 Å². The van der Waals surface area contributed by atoms with Gasteiger partial charge in [0.15, 0.2) is 0 Å². The molecule has 0 aromatic heterocycles. The first-order chi connectivity index (χ1) is 9.61. The van der Waals surface area contributed by atoms with E-state index in [2.05, 4.69) is 22.9 Å². The molecule has 2 amide bonds. The van der Waals surface area contributed by atoms with Gasteiger partial charge in [0.05, 0.1) is 0 Å². The third kappa shape index (κ3) is 3.81. The van der Waals surface area contributed by atoms with Crippen LogP contribution in [0.25, 0.3) is 0 Å². The van der Waals surface area contributed by atoms with Crippen molar-refractivity contribution < 1.29 is 9.59 Å². The van der Waals surface area contributed by atoms with Crippen LogP contribution in [0, 0.1) is 11.8 Å². The van der Waals surface area contributed by atoms with Crippen molar-refractivity contribution in [2.75, 3.05) is 25.5 Å². The zero-order valence-electron chi connectivity index (χ0n) is 11.9. The van der Waals surface area contributed by atoms with Gasteiger partial charge in [-0.1, -0.05) is 13.0 Å². The average Bonchev–Trinajstić information content (AvgIpc) is 3.16. The summed E-state index contributed by atoms with van der Waals surface area (Å²) >= 11 is 0. The molecular weight excluding hydrogens is 254 g/mol. The molecule has 0 aliphatic heterocycles. The summed E-state index contributed by atoms with van der Waals surface area (Å²) in [5.41, 5.74) is 1.23. The molecule has 0 saturated heterocycles. The van der Waals surface area contributed by atoms with Crippen molar-refractivity contribution in [2.24, 2.45) is 11.8 Å². The minimum absolute atomic E-state index is 0.0465. The molecule has 0 spiro atoms. The molecule has 3 N–H and O–H groups in total. The summed E-state index contributed by atoms with van der Waals surface area (Å²) in [4.78, 5) is 23.8. The largest absolute Gasteiger partial charge is 0.351 e. The smallest absolute Gasteiger partial charge is 0.251 e. The Hall–Kier alpha value is -1.88. The first kappa shape index (κ1) is 14.5. The molecule has 5 heteroatoms. The fourth-order valence-corrected chi connectivity index (χ4v) is 2.06. The van der Waals surface area contributed by atoms with Gasteiger partial charge in [0, 0.05) is 30.3 Å². The normalized spacial score (nSPS) is 20.3. The third-order valence-corrected chi connectivity index (χ3v) is 3.50. The van der Waals surface area contributed by atoms with E-state index in [-0.39, 0.29) is 17.7 Å². The molecular formula is C15H21N3O2. The molecule has 1 aliphatic rings. The van der Waals surface area contributed by atoms with Gasteiger partial charge < -0.3 is 16.0 Å². The van der Waals surface area contributed by atoms with E-state index < -0.39 is 0 Å². The zero-order chi connectivity index (χ0) is 14.5. The maximum atomic E-state index is 11.9. The third-order valence-electron chi connectivity index (χ3n) is 3.50. The fraction of sp³-hybridized carbons (Fsp3) is 0.467. The van der Waals surface area contributed by atoms with Crippen molar-refractivity contribution in [3.05, 3.63) is 29.8 Å². The second-order valence-corrected chi connectivity index (χ2v) is 5.25. The molecule has 20 heavy (non-hydrogen) atoms. The number of anilines is 1. The van der Waals surface area contributed by atoms with E-state index in [1.165, 1.54) is 0 Å². The van der Waals surface area contributed by atoms with Gasteiger partial charge in [-0.25, -0.2) is 0 Å². The van der Waals surface area contributed by atoms with Crippen molar-refractivity contribution in [1.29, 1.82) is 0 Å². The van der Waals surface area contributed by atoms with E-state index in [9.17, 15) is 9.59 Å². The summed E-state index contributed by atoms with van der Waals surface area (Å²) in [5, 5.41) is 8.64. The predicted octanol–water partition coefficient (Wildman–Crippen LogP) is 1.23. The second kappa shape index (κ2) is 6.52. The SMILES string of the molecule is CNCCNC(=O)c1cccc(NC(=O)C2CC2C)c1. The Morgan fingerprint density at radius 3 is 2.70 bits per heavy atom. The molecule has 1 fully saturated rings. The molecule has 2 rings (SSSR count). The van der Waals surface area contributed by atoms with Crippen LogP contribution in [0.5, 0.6) is 0 Å². The summed E-state index contributed by atoms with van der Waals surface area (Å²) in [5.74, 6) is 0.521. The van der Waals surface area contributed by atoms with Gasteiger partial charge in [0.2, 0.25) is 5.91 Å². The molecule has 1 saturated carbocycles. The van der Waals surface area contributed by atoms with Crippen LogP contribution >= 0.6 is 0 Å². The Kier molecular flexibility index (Phi) is 4.74. The molecule has 1 aromatic carbocycles. The van der Waals surface area contributed by atoms with Gasteiger partial charge in [-0.15, -0.1) is 0 Å². The Labute approximate surface area is 119 Å². The number of carbonyl (C=O) groups is 2. The van der Waals surface area contributed by atoms with Gasteiger partial charge in [-0.3, -0.25) is 9.59 Å². The highest BCUT2D eigenvalue weighted by Crippen LogP contribution is 2.38. The number of rotatable bonds is 6. The average molecular weight is 275 g/mol. The highest BCUT2D eigenvalue weighted by atomic mass is 16.2. The van der Waals surface area contributed by atoms with Crippen LogP contribution in [0.2, 0.25) is 0 Å².